The summed E-state index contributed by atoms with van der Waals surface area (Å²) < 4.78 is 41.2. The Balaban J connectivity index is 1.41. The quantitative estimate of drug-likeness (QED) is 0.463. The molecule has 0 aromatic heterocycles. The van der Waals surface area contributed by atoms with Crippen molar-refractivity contribution < 1.29 is 22.4 Å². The predicted octanol–water partition coefficient (Wildman–Crippen LogP) is 4.31. The minimum atomic E-state index is -3.75. The molecule has 176 valence electrons. The molecular weight excluding hydrogens is 455 g/mol. The summed E-state index contributed by atoms with van der Waals surface area (Å²) in [6.45, 7) is 1.81. The number of hydrogen-bond acceptors (Lipinski definition) is 4. The van der Waals surface area contributed by atoms with Crippen molar-refractivity contribution in [2.24, 2.45) is 0 Å². The summed E-state index contributed by atoms with van der Waals surface area (Å²) in [7, 11) is -3.75. The number of carbonyl (C=O) groups excluding carboxylic acids is 2. The Morgan fingerprint density at radius 1 is 0.941 bits per heavy atom. The van der Waals surface area contributed by atoms with Gasteiger partial charge >= 0.3 is 0 Å². The number of rotatable bonds is 9. The maximum Gasteiger partial charge on any atom is 0.254 e. The van der Waals surface area contributed by atoms with Gasteiger partial charge in [-0.25, -0.2) is 17.5 Å². The fraction of sp³-hybridized carbons (Fsp3) is 0.231. The van der Waals surface area contributed by atoms with E-state index in [1.807, 2.05) is 0 Å². The van der Waals surface area contributed by atoms with Crippen LogP contribution in [0, 0.1) is 5.82 Å². The highest BCUT2D eigenvalue weighted by atomic mass is 32.2. The molecule has 0 aliphatic heterocycles. The summed E-state index contributed by atoms with van der Waals surface area (Å²) in [5.41, 5.74) is 2.37. The SMILES string of the molecule is CC(=O)c1ccc(S(=O)(=O)NCc2ccc(C(=O)N(Cc3cccc(F)c3)C3CC3)cc2)cc1. The Labute approximate surface area is 198 Å². The van der Waals surface area contributed by atoms with E-state index in [1.54, 1.807) is 41.3 Å². The molecule has 1 aliphatic rings. The fourth-order valence-corrected chi connectivity index (χ4v) is 4.66. The number of carbonyl (C=O) groups is 2. The molecule has 4 rings (SSSR count). The molecule has 1 fully saturated rings. The second-order valence-electron chi connectivity index (χ2n) is 8.40. The van der Waals surface area contributed by atoms with Gasteiger partial charge in [-0.2, -0.15) is 0 Å². The summed E-state index contributed by atoms with van der Waals surface area (Å²) in [4.78, 5) is 26.3. The Bertz CT molecular complexity index is 1300. The van der Waals surface area contributed by atoms with Crippen LogP contribution in [0.15, 0.2) is 77.7 Å². The molecule has 3 aromatic rings. The third-order valence-electron chi connectivity index (χ3n) is 5.73. The van der Waals surface area contributed by atoms with Crippen LogP contribution < -0.4 is 4.72 Å². The van der Waals surface area contributed by atoms with Gasteiger partial charge in [0, 0.05) is 30.3 Å². The highest BCUT2D eigenvalue weighted by Crippen LogP contribution is 2.30. The number of Topliss-reactive ketones (excluding diaryl/α,β-unsaturated/α-hetero) is 1. The average molecular weight is 481 g/mol. The molecule has 0 saturated heterocycles. The highest BCUT2D eigenvalue weighted by Gasteiger charge is 2.33. The van der Waals surface area contributed by atoms with E-state index < -0.39 is 10.0 Å². The van der Waals surface area contributed by atoms with E-state index >= 15 is 0 Å². The third-order valence-corrected chi connectivity index (χ3v) is 7.15. The molecule has 1 saturated carbocycles. The topological polar surface area (TPSA) is 83.5 Å². The lowest BCUT2D eigenvalue weighted by Gasteiger charge is -2.23. The van der Waals surface area contributed by atoms with Crippen molar-refractivity contribution in [1.82, 2.24) is 9.62 Å². The first-order chi connectivity index (χ1) is 16.2. The first-order valence-electron chi connectivity index (χ1n) is 11.0. The van der Waals surface area contributed by atoms with Gasteiger partial charge in [0.15, 0.2) is 5.78 Å². The van der Waals surface area contributed by atoms with E-state index in [-0.39, 0.29) is 35.0 Å². The van der Waals surface area contributed by atoms with Crippen LogP contribution in [0.2, 0.25) is 0 Å². The number of ketones is 1. The van der Waals surface area contributed by atoms with Gasteiger partial charge in [0.25, 0.3) is 5.91 Å². The summed E-state index contributed by atoms with van der Waals surface area (Å²) in [5.74, 6) is -0.602. The van der Waals surface area contributed by atoms with E-state index in [4.69, 9.17) is 0 Å². The molecule has 0 spiro atoms. The van der Waals surface area contributed by atoms with Crippen LogP contribution in [0.4, 0.5) is 4.39 Å². The zero-order chi connectivity index (χ0) is 24.3. The van der Waals surface area contributed by atoms with Crippen LogP contribution in [-0.4, -0.2) is 31.0 Å². The molecule has 8 heteroatoms. The van der Waals surface area contributed by atoms with Crippen LogP contribution in [0.3, 0.4) is 0 Å². The molecule has 1 N–H and O–H groups in total. The normalized spacial score (nSPS) is 13.5. The summed E-state index contributed by atoms with van der Waals surface area (Å²) in [6.07, 6.45) is 1.85. The van der Waals surface area contributed by atoms with Gasteiger partial charge in [-0.3, -0.25) is 9.59 Å². The fourth-order valence-electron chi connectivity index (χ4n) is 3.65. The maximum absolute atomic E-state index is 13.6. The lowest BCUT2D eigenvalue weighted by atomic mass is 10.1. The van der Waals surface area contributed by atoms with Gasteiger partial charge in [0.2, 0.25) is 10.0 Å². The van der Waals surface area contributed by atoms with Crippen molar-refractivity contribution >= 4 is 21.7 Å². The van der Waals surface area contributed by atoms with E-state index in [1.165, 1.54) is 43.3 Å². The van der Waals surface area contributed by atoms with E-state index in [0.717, 1.165) is 18.4 Å². The molecule has 3 aromatic carbocycles. The summed E-state index contributed by atoms with van der Waals surface area (Å²) >= 11 is 0. The van der Waals surface area contributed by atoms with Crippen molar-refractivity contribution in [1.29, 1.82) is 0 Å². The van der Waals surface area contributed by atoms with Crippen molar-refractivity contribution in [3.63, 3.8) is 0 Å². The zero-order valence-corrected chi connectivity index (χ0v) is 19.5. The van der Waals surface area contributed by atoms with Gasteiger partial charge in [-0.1, -0.05) is 36.4 Å². The Morgan fingerprint density at radius 3 is 2.18 bits per heavy atom. The smallest absolute Gasteiger partial charge is 0.254 e. The largest absolute Gasteiger partial charge is 0.331 e. The van der Waals surface area contributed by atoms with Crippen LogP contribution in [-0.2, 0) is 23.1 Å². The molecule has 0 bridgehead atoms. The van der Waals surface area contributed by atoms with Gasteiger partial charge in [0.1, 0.15) is 5.82 Å². The molecular formula is C26H25FN2O4S. The molecule has 34 heavy (non-hydrogen) atoms. The number of halogens is 1. The van der Waals surface area contributed by atoms with Gasteiger partial charge in [-0.15, -0.1) is 0 Å². The number of amides is 1. The Morgan fingerprint density at radius 2 is 1.59 bits per heavy atom. The number of benzene rings is 3. The summed E-state index contributed by atoms with van der Waals surface area (Å²) in [5, 5.41) is 0. The standard InChI is InChI=1S/C26H25FN2O4S/c1-18(30)21-9-13-25(14-10-21)34(32,33)28-16-19-5-7-22(8-6-19)26(31)29(24-11-12-24)17-20-3-2-4-23(27)15-20/h2-10,13-15,24,28H,11-12,16-17H2,1H3. The molecule has 1 aliphatic carbocycles. The molecule has 1 amide bonds. The lowest BCUT2D eigenvalue weighted by Crippen LogP contribution is -2.32. The van der Waals surface area contributed by atoms with Crippen LogP contribution >= 0.6 is 0 Å². The minimum Gasteiger partial charge on any atom is -0.331 e. The average Bonchev–Trinajstić information content (AvgIpc) is 3.67. The first kappa shape index (κ1) is 23.8. The Hall–Kier alpha value is -3.36. The van der Waals surface area contributed by atoms with Crippen LogP contribution in [0.1, 0.15) is 51.6 Å². The highest BCUT2D eigenvalue weighted by molar-refractivity contribution is 7.89. The molecule has 0 heterocycles. The van der Waals surface area contributed by atoms with Crippen molar-refractivity contribution in [2.45, 2.75) is 43.8 Å². The van der Waals surface area contributed by atoms with Crippen molar-refractivity contribution in [3.8, 4) is 0 Å². The van der Waals surface area contributed by atoms with Gasteiger partial charge in [0.05, 0.1) is 4.90 Å². The van der Waals surface area contributed by atoms with Crippen LogP contribution in [0.25, 0.3) is 0 Å². The number of hydrogen-bond donors (Lipinski definition) is 1. The van der Waals surface area contributed by atoms with E-state index in [2.05, 4.69) is 4.72 Å². The number of nitrogens with one attached hydrogen (secondary N) is 1. The van der Waals surface area contributed by atoms with E-state index in [0.29, 0.717) is 23.2 Å². The second kappa shape index (κ2) is 9.87. The van der Waals surface area contributed by atoms with Crippen molar-refractivity contribution in [3.05, 3.63) is 101 Å². The van der Waals surface area contributed by atoms with Crippen LogP contribution in [0.5, 0.6) is 0 Å². The van der Waals surface area contributed by atoms with Gasteiger partial charge < -0.3 is 4.90 Å². The van der Waals surface area contributed by atoms with Gasteiger partial charge in [-0.05, 0) is 67.3 Å². The molecule has 0 atom stereocenters. The number of sulfonamides is 1. The lowest BCUT2D eigenvalue weighted by molar-refractivity contribution is 0.0729. The zero-order valence-electron chi connectivity index (χ0n) is 18.7. The third kappa shape index (κ3) is 5.76. The molecule has 6 nitrogen and oxygen atoms in total. The monoisotopic (exact) mass is 480 g/mol. The predicted molar refractivity (Wildman–Crippen MR) is 126 cm³/mol. The molecule has 0 radical (unpaired) electrons. The number of nitrogens with zero attached hydrogens (tertiary/aromatic N) is 1. The summed E-state index contributed by atoms with van der Waals surface area (Å²) in [6, 6.07) is 18.9. The van der Waals surface area contributed by atoms with E-state index in [9.17, 15) is 22.4 Å². The first-order valence-corrected chi connectivity index (χ1v) is 12.5. The maximum atomic E-state index is 13.6. The minimum absolute atomic E-state index is 0.0564. The second-order valence-corrected chi connectivity index (χ2v) is 10.2. The Kier molecular flexibility index (Phi) is 6.90. The molecule has 0 unspecified atom stereocenters. The van der Waals surface area contributed by atoms with Crippen molar-refractivity contribution in [2.75, 3.05) is 0 Å².